The van der Waals surface area contributed by atoms with E-state index in [0.29, 0.717) is 22.5 Å². The van der Waals surface area contributed by atoms with E-state index in [2.05, 4.69) is 9.98 Å². The van der Waals surface area contributed by atoms with Crippen molar-refractivity contribution >= 4 is 23.5 Å². The van der Waals surface area contributed by atoms with Gasteiger partial charge in [0, 0.05) is 11.1 Å². The highest BCUT2D eigenvalue weighted by molar-refractivity contribution is 5.71. The van der Waals surface area contributed by atoms with Crippen LogP contribution in [0.2, 0.25) is 0 Å². The van der Waals surface area contributed by atoms with Crippen LogP contribution in [0.1, 0.15) is 11.1 Å². The molecule has 0 amide bonds. The van der Waals surface area contributed by atoms with E-state index in [-0.39, 0.29) is 13.2 Å². The maximum Gasteiger partial charge on any atom is 0.240 e. The smallest absolute Gasteiger partial charge is 0.240 e. The number of nitrogens with zero attached hydrogens (tertiary/aromatic N) is 2. The van der Waals surface area contributed by atoms with Crippen molar-refractivity contribution in [2.75, 3.05) is 0 Å². The van der Waals surface area contributed by atoms with Crippen LogP contribution in [0.3, 0.4) is 0 Å². The molecule has 0 unspecified atom stereocenters. The van der Waals surface area contributed by atoms with Crippen molar-refractivity contribution in [2.24, 2.45) is 9.98 Å². The summed E-state index contributed by atoms with van der Waals surface area (Å²) in [4.78, 5) is 27.7. The molecule has 0 saturated carbocycles. The van der Waals surface area contributed by atoms with Crippen molar-refractivity contribution in [3.63, 3.8) is 0 Å². The van der Waals surface area contributed by atoms with Crippen LogP contribution in [-0.4, -0.2) is 22.4 Å². The topological polar surface area (TPSA) is 99.3 Å². The first-order valence-corrected chi connectivity index (χ1v) is 6.37. The number of aliphatic hydroxyl groups excluding tert-OH is 2. The van der Waals surface area contributed by atoms with Gasteiger partial charge in [0.25, 0.3) is 0 Å². The normalized spacial score (nSPS) is 9.73. The van der Waals surface area contributed by atoms with Gasteiger partial charge < -0.3 is 10.2 Å². The summed E-state index contributed by atoms with van der Waals surface area (Å²) in [5.74, 6) is 0. The van der Waals surface area contributed by atoms with Crippen LogP contribution in [-0.2, 0) is 22.8 Å². The number of rotatable bonds is 5. The molecule has 2 N–H and O–H groups in total. The predicted molar refractivity (Wildman–Crippen MR) is 79.3 cm³/mol. The monoisotopic (exact) mass is 296 g/mol. The second-order valence-electron chi connectivity index (χ2n) is 4.41. The summed E-state index contributed by atoms with van der Waals surface area (Å²) >= 11 is 0. The Bertz CT molecular complexity index is 721. The molecule has 2 rings (SSSR count). The third kappa shape index (κ3) is 3.23. The fraction of sp³-hybridized carbons (Fsp3) is 0.125. The molecule has 110 valence electrons. The summed E-state index contributed by atoms with van der Waals surface area (Å²) in [6.07, 6.45) is 2.88. The Kier molecular flexibility index (Phi) is 5.09. The van der Waals surface area contributed by atoms with Crippen molar-refractivity contribution in [3.8, 4) is 11.1 Å². The van der Waals surface area contributed by atoms with Gasteiger partial charge in [-0.05, 0) is 35.4 Å². The van der Waals surface area contributed by atoms with Crippen molar-refractivity contribution in [1.82, 2.24) is 0 Å². The Morgan fingerprint density at radius 2 is 1.18 bits per heavy atom. The molecular weight excluding hydrogens is 284 g/mol. The van der Waals surface area contributed by atoms with E-state index < -0.39 is 0 Å². The lowest BCUT2D eigenvalue weighted by molar-refractivity contribution is 0.282. The molecular formula is C16H12N2O4. The van der Waals surface area contributed by atoms with Gasteiger partial charge in [0.1, 0.15) is 0 Å². The summed E-state index contributed by atoms with van der Waals surface area (Å²) in [6.45, 7) is -0.538. The molecule has 0 spiro atoms. The molecule has 0 fully saturated rings. The molecule has 2 aromatic rings. The first kappa shape index (κ1) is 15.5. The first-order valence-electron chi connectivity index (χ1n) is 6.37. The maximum absolute atomic E-state index is 10.3. The van der Waals surface area contributed by atoms with Gasteiger partial charge in [0.2, 0.25) is 12.2 Å². The molecule has 0 aromatic heterocycles. The summed E-state index contributed by atoms with van der Waals surface area (Å²) in [5, 5.41) is 18.7. The van der Waals surface area contributed by atoms with E-state index in [1.54, 1.807) is 36.4 Å². The van der Waals surface area contributed by atoms with Gasteiger partial charge in [0.15, 0.2) is 0 Å². The minimum atomic E-state index is -0.269. The third-order valence-electron chi connectivity index (χ3n) is 3.17. The molecule has 6 heteroatoms. The Labute approximate surface area is 126 Å². The van der Waals surface area contributed by atoms with Gasteiger partial charge in [-0.1, -0.05) is 12.1 Å². The van der Waals surface area contributed by atoms with Crippen LogP contribution in [0.25, 0.3) is 11.1 Å². The maximum atomic E-state index is 10.3. The minimum Gasteiger partial charge on any atom is -0.392 e. The van der Waals surface area contributed by atoms with Gasteiger partial charge in [-0.3, -0.25) is 0 Å². The average molecular weight is 296 g/mol. The molecule has 2 aromatic carbocycles. The van der Waals surface area contributed by atoms with Crippen LogP contribution >= 0.6 is 0 Å². The third-order valence-corrected chi connectivity index (χ3v) is 3.17. The fourth-order valence-electron chi connectivity index (χ4n) is 2.10. The number of hydrogen-bond donors (Lipinski definition) is 2. The second kappa shape index (κ2) is 7.22. The van der Waals surface area contributed by atoms with Crippen LogP contribution in [0.4, 0.5) is 11.4 Å². The molecule has 0 radical (unpaired) electrons. The van der Waals surface area contributed by atoms with Gasteiger partial charge in [-0.2, -0.15) is 9.98 Å². The van der Waals surface area contributed by atoms with Crippen LogP contribution in [0, 0.1) is 0 Å². The van der Waals surface area contributed by atoms with Crippen LogP contribution in [0.15, 0.2) is 46.4 Å². The highest BCUT2D eigenvalue weighted by Gasteiger charge is 2.07. The van der Waals surface area contributed by atoms with Gasteiger partial charge in [-0.15, -0.1) is 0 Å². The standard InChI is InChI=1S/C16H12N2O4/c19-7-13-5-11(1-3-15(13)17-9-21)12-2-4-16(18-10-22)14(6-12)8-20/h1-6,19-20H,7-8H2. The zero-order valence-corrected chi connectivity index (χ0v) is 11.5. The minimum absolute atomic E-state index is 0.269. The lowest BCUT2D eigenvalue weighted by Crippen LogP contribution is -1.89. The molecule has 0 aliphatic carbocycles. The molecule has 0 bridgehead atoms. The number of hydrogen-bond acceptors (Lipinski definition) is 6. The molecule has 0 atom stereocenters. The number of aliphatic imine (C=N–C) groups is 2. The molecule has 0 saturated heterocycles. The Hall–Kier alpha value is -2.88. The summed E-state index contributed by atoms with van der Waals surface area (Å²) in [7, 11) is 0. The Morgan fingerprint density at radius 1 is 0.773 bits per heavy atom. The zero-order valence-electron chi connectivity index (χ0n) is 11.5. The number of benzene rings is 2. The first-order chi connectivity index (χ1) is 10.7. The quantitative estimate of drug-likeness (QED) is 0.653. The summed E-state index contributed by atoms with van der Waals surface area (Å²) in [6, 6.07) is 10.0. The fourth-order valence-corrected chi connectivity index (χ4v) is 2.10. The molecule has 22 heavy (non-hydrogen) atoms. The summed E-state index contributed by atoms with van der Waals surface area (Å²) < 4.78 is 0. The van der Waals surface area contributed by atoms with E-state index in [4.69, 9.17) is 0 Å². The lowest BCUT2D eigenvalue weighted by atomic mass is 9.99. The van der Waals surface area contributed by atoms with E-state index in [0.717, 1.165) is 11.1 Å². The van der Waals surface area contributed by atoms with Crippen molar-refractivity contribution in [2.45, 2.75) is 13.2 Å². The van der Waals surface area contributed by atoms with E-state index >= 15 is 0 Å². The van der Waals surface area contributed by atoms with Crippen LogP contribution < -0.4 is 0 Å². The highest BCUT2D eigenvalue weighted by Crippen LogP contribution is 2.30. The van der Waals surface area contributed by atoms with Gasteiger partial charge >= 0.3 is 0 Å². The molecule has 0 aliphatic rings. The van der Waals surface area contributed by atoms with Gasteiger partial charge in [0.05, 0.1) is 24.6 Å². The van der Waals surface area contributed by atoms with Crippen molar-refractivity contribution in [3.05, 3.63) is 47.5 Å². The number of isocyanates is 2. The Morgan fingerprint density at radius 3 is 1.50 bits per heavy atom. The molecule has 0 aliphatic heterocycles. The van der Waals surface area contributed by atoms with E-state index in [9.17, 15) is 19.8 Å². The second-order valence-corrected chi connectivity index (χ2v) is 4.41. The number of aliphatic hydroxyl groups is 2. The predicted octanol–water partition coefficient (Wildman–Crippen LogP) is 2.27. The van der Waals surface area contributed by atoms with Crippen molar-refractivity contribution < 1.29 is 19.8 Å². The zero-order chi connectivity index (χ0) is 15.9. The Balaban J connectivity index is 2.52. The van der Waals surface area contributed by atoms with Crippen LogP contribution in [0.5, 0.6) is 0 Å². The highest BCUT2D eigenvalue weighted by atomic mass is 16.3. The SMILES string of the molecule is O=C=Nc1ccc(-c2ccc(N=C=O)c(CO)c2)cc1CO. The van der Waals surface area contributed by atoms with Crippen molar-refractivity contribution in [1.29, 1.82) is 0 Å². The average Bonchev–Trinajstić information content (AvgIpc) is 2.56. The lowest BCUT2D eigenvalue weighted by Gasteiger charge is -2.09. The van der Waals surface area contributed by atoms with Gasteiger partial charge in [-0.25, -0.2) is 9.59 Å². The molecule has 0 heterocycles. The largest absolute Gasteiger partial charge is 0.392 e. The molecule has 6 nitrogen and oxygen atoms in total. The van der Waals surface area contributed by atoms with E-state index in [1.165, 1.54) is 12.2 Å². The summed E-state index contributed by atoms with van der Waals surface area (Å²) in [5.41, 5.74) is 3.22. The van der Waals surface area contributed by atoms with E-state index in [1.807, 2.05) is 0 Å². The number of carbonyl (C=O) groups excluding carboxylic acids is 2.